The van der Waals surface area contributed by atoms with Gasteiger partial charge >= 0.3 is 0 Å². The molecule has 4 rings (SSSR count). The first kappa shape index (κ1) is 20.9. The van der Waals surface area contributed by atoms with E-state index in [2.05, 4.69) is 19.7 Å². The highest BCUT2D eigenvalue weighted by molar-refractivity contribution is 7.89. The van der Waals surface area contributed by atoms with Crippen molar-refractivity contribution in [2.75, 3.05) is 6.54 Å². The second-order valence-corrected chi connectivity index (χ2v) is 9.04. The van der Waals surface area contributed by atoms with Crippen molar-refractivity contribution >= 4 is 32.8 Å². The minimum atomic E-state index is -3.90. The number of halogens is 1. The number of hydrogen-bond acceptors (Lipinski definition) is 8. The van der Waals surface area contributed by atoms with E-state index >= 15 is 0 Å². The molecule has 1 aliphatic heterocycles. The number of aromatic nitrogens is 4. The molecule has 0 amide bonds. The molecular weight excluding hydrogens is 438 g/mol. The zero-order chi connectivity index (χ0) is 21.6. The minimum Gasteiger partial charge on any atom is -0.387 e. The van der Waals surface area contributed by atoms with Gasteiger partial charge in [0.05, 0.1) is 17.6 Å². The number of benzene rings is 1. The molecule has 1 fully saturated rings. The molecule has 30 heavy (non-hydrogen) atoms. The van der Waals surface area contributed by atoms with Crippen LogP contribution in [-0.4, -0.2) is 63.0 Å². The Balaban J connectivity index is 1.52. The molecule has 3 heterocycles. The topological polar surface area (TPSA) is 159 Å². The molecule has 4 N–H and O–H groups in total. The van der Waals surface area contributed by atoms with Crippen LogP contribution in [0.5, 0.6) is 0 Å². The molecule has 11 nitrogen and oxygen atoms in total. The fourth-order valence-corrected chi connectivity index (χ4v) is 4.48. The lowest BCUT2D eigenvalue weighted by Crippen LogP contribution is -2.39. The Kier molecular flexibility index (Phi) is 5.38. The van der Waals surface area contributed by atoms with Crippen molar-refractivity contribution in [1.29, 1.82) is 0 Å². The van der Waals surface area contributed by atoms with E-state index in [1.54, 1.807) is 6.92 Å². The number of H-pyrrole nitrogens is 1. The maximum Gasteiger partial charge on any atom is 0.278 e. The van der Waals surface area contributed by atoms with E-state index < -0.39 is 40.1 Å². The highest BCUT2D eigenvalue weighted by Gasteiger charge is 2.44. The average Bonchev–Trinajstić information content (AvgIpc) is 3.25. The number of nitrogens with zero attached hydrogens (tertiary/aromatic N) is 3. The number of aromatic amines is 1. The van der Waals surface area contributed by atoms with Crippen molar-refractivity contribution in [3.8, 4) is 0 Å². The van der Waals surface area contributed by atoms with Gasteiger partial charge in [0.1, 0.15) is 18.3 Å². The predicted octanol–water partition coefficient (Wildman–Crippen LogP) is -0.321. The predicted molar refractivity (Wildman–Crippen MR) is 105 cm³/mol. The molecule has 4 atom stereocenters. The first-order chi connectivity index (χ1) is 14.2. The SMILES string of the molecule is Cc1cc(S(=O)(=O)NC[C@H]2O[C@@H](n3cnc4c(=O)[nH]cnc43)[C@H](O)[C@@H]2O)ccc1Cl. The molecule has 1 aliphatic rings. The van der Waals surface area contributed by atoms with Crippen LogP contribution in [0.3, 0.4) is 0 Å². The Morgan fingerprint density at radius 1 is 1.30 bits per heavy atom. The molecule has 0 bridgehead atoms. The molecule has 0 spiro atoms. The molecule has 1 saturated heterocycles. The molecule has 13 heteroatoms. The standard InChI is InChI=1S/C17H18ClN5O6S/c1-8-4-9(2-3-10(8)18)30(27,28)22-5-11-13(24)14(25)17(29-11)23-7-21-12-15(23)19-6-20-16(12)26/h2-4,6-7,11,13-14,17,22,24-25H,5H2,1H3,(H,19,20,26)/t11-,13-,14-,17-/m1/s1. The molecule has 0 unspecified atom stereocenters. The van der Waals surface area contributed by atoms with E-state index in [9.17, 15) is 23.4 Å². The first-order valence-corrected chi connectivity index (χ1v) is 10.7. The quantitative estimate of drug-likeness (QED) is 0.407. The van der Waals surface area contributed by atoms with Gasteiger partial charge in [0, 0.05) is 11.6 Å². The van der Waals surface area contributed by atoms with Crippen LogP contribution < -0.4 is 10.3 Å². The average molecular weight is 456 g/mol. The van der Waals surface area contributed by atoms with Crippen molar-refractivity contribution in [2.45, 2.75) is 36.4 Å². The molecule has 3 aromatic rings. The maximum absolute atomic E-state index is 12.5. The van der Waals surface area contributed by atoms with Crippen LogP contribution in [0.25, 0.3) is 11.2 Å². The number of aliphatic hydroxyl groups is 2. The van der Waals surface area contributed by atoms with E-state index in [0.29, 0.717) is 10.6 Å². The van der Waals surface area contributed by atoms with Gasteiger partial charge in [0.25, 0.3) is 5.56 Å². The van der Waals surface area contributed by atoms with Crippen LogP contribution in [-0.2, 0) is 14.8 Å². The van der Waals surface area contributed by atoms with Gasteiger partial charge in [-0.1, -0.05) is 11.6 Å². The number of rotatable bonds is 5. The maximum atomic E-state index is 12.5. The minimum absolute atomic E-state index is 0.0121. The zero-order valence-electron chi connectivity index (χ0n) is 15.6. The summed E-state index contributed by atoms with van der Waals surface area (Å²) in [4.78, 5) is 22.2. The fraction of sp³-hybridized carbons (Fsp3) is 0.353. The smallest absolute Gasteiger partial charge is 0.278 e. The van der Waals surface area contributed by atoms with Crippen LogP contribution >= 0.6 is 11.6 Å². The summed E-state index contributed by atoms with van der Waals surface area (Å²) in [5.41, 5.74) is 0.342. The second kappa shape index (κ2) is 7.72. The largest absolute Gasteiger partial charge is 0.387 e. The normalized spacial score (nSPS) is 24.5. The lowest BCUT2D eigenvalue weighted by atomic mass is 10.1. The summed E-state index contributed by atoms with van der Waals surface area (Å²) in [7, 11) is -3.90. The third kappa shape index (κ3) is 3.62. The van der Waals surface area contributed by atoms with Gasteiger partial charge in [-0.3, -0.25) is 9.36 Å². The van der Waals surface area contributed by atoms with E-state index in [4.69, 9.17) is 16.3 Å². The van der Waals surface area contributed by atoms with Gasteiger partial charge in [-0.25, -0.2) is 23.1 Å². The highest BCUT2D eigenvalue weighted by Crippen LogP contribution is 2.31. The Morgan fingerprint density at radius 3 is 2.80 bits per heavy atom. The number of ether oxygens (including phenoxy) is 1. The monoisotopic (exact) mass is 455 g/mol. The zero-order valence-corrected chi connectivity index (χ0v) is 17.1. The van der Waals surface area contributed by atoms with Gasteiger partial charge in [0.2, 0.25) is 10.0 Å². The molecule has 1 aromatic carbocycles. The van der Waals surface area contributed by atoms with Crippen molar-refractivity contribution < 1.29 is 23.4 Å². The van der Waals surface area contributed by atoms with Crippen molar-refractivity contribution in [2.24, 2.45) is 0 Å². The van der Waals surface area contributed by atoms with Crippen LogP contribution in [0.2, 0.25) is 5.02 Å². The summed E-state index contributed by atoms with van der Waals surface area (Å²) in [5, 5.41) is 21.2. The van der Waals surface area contributed by atoms with Gasteiger partial charge in [-0.2, -0.15) is 0 Å². The number of aryl methyl sites for hydroxylation is 1. The third-order valence-corrected chi connectivity index (χ3v) is 6.74. The first-order valence-electron chi connectivity index (χ1n) is 8.86. The fourth-order valence-electron chi connectivity index (χ4n) is 3.24. The van der Waals surface area contributed by atoms with Crippen LogP contribution in [0, 0.1) is 6.92 Å². The summed E-state index contributed by atoms with van der Waals surface area (Å²) in [6.45, 7) is 1.39. The van der Waals surface area contributed by atoms with Crippen LogP contribution in [0.4, 0.5) is 0 Å². The Bertz CT molecular complexity index is 1260. The summed E-state index contributed by atoms with van der Waals surface area (Å²) in [5.74, 6) is 0. The highest BCUT2D eigenvalue weighted by atomic mass is 35.5. The Morgan fingerprint density at radius 2 is 2.07 bits per heavy atom. The molecular formula is C17H18ClN5O6S. The van der Waals surface area contributed by atoms with E-state index in [-0.39, 0.29) is 22.6 Å². The lowest BCUT2D eigenvalue weighted by molar-refractivity contribution is -0.0330. The Labute approximate surface area is 175 Å². The van der Waals surface area contributed by atoms with Crippen molar-refractivity contribution in [3.05, 3.63) is 51.8 Å². The molecule has 0 aliphatic carbocycles. The third-order valence-electron chi connectivity index (χ3n) is 4.89. The van der Waals surface area contributed by atoms with Crippen LogP contribution in [0.1, 0.15) is 11.8 Å². The van der Waals surface area contributed by atoms with Gasteiger partial charge in [0.15, 0.2) is 17.4 Å². The summed E-state index contributed by atoms with van der Waals surface area (Å²) in [6, 6.07) is 4.27. The van der Waals surface area contributed by atoms with Crippen molar-refractivity contribution in [3.63, 3.8) is 0 Å². The van der Waals surface area contributed by atoms with E-state index in [0.717, 1.165) is 0 Å². The summed E-state index contributed by atoms with van der Waals surface area (Å²) in [6.07, 6.45) is -2.49. The molecule has 160 valence electrons. The summed E-state index contributed by atoms with van der Waals surface area (Å²) < 4.78 is 34.4. The van der Waals surface area contributed by atoms with Gasteiger partial charge < -0.3 is 19.9 Å². The van der Waals surface area contributed by atoms with E-state index in [1.807, 2.05) is 0 Å². The van der Waals surface area contributed by atoms with Gasteiger partial charge in [-0.05, 0) is 30.7 Å². The second-order valence-electron chi connectivity index (χ2n) is 6.86. The van der Waals surface area contributed by atoms with Crippen molar-refractivity contribution in [1.82, 2.24) is 24.2 Å². The molecule has 2 aromatic heterocycles. The molecule has 0 radical (unpaired) electrons. The van der Waals surface area contributed by atoms with E-state index in [1.165, 1.54) is 35.4 Å². The van der Waals surface area contributed by atoms with Gasteiger partial charge in [-0.15, -0.1) is 0 Å². The number of hydrogen-bond donors (Lipinski definition) is 4. The lowest BCUT2D eigenvalue weighted by Gasteiger charge is -2.16. The number of aliphatic hydroxyl groups excluding tert-OH is 2. The molecule has 0 saturated carbocycles. The number of fused-ring (bicyclic) bond motifs is 1. The number of sulfonamides is 1. The summed E-state index contributed by atoms with van der Waals surface area (Å²) >= 11 is 5.93. The number of imidazole rings is 1. The Hall–Kier alpha value is -2.35. The van der Waals surface area contributed by atoms with Crippen LogP contribution in [0.15, 0.2) is 40.5 Å². The number of nitrogens with one attached hydrogen (secondary N) is 2.